The summed E-state index contributed by atoms with van der Waals surface area (Å²) in [6.07, 6.45) is 1.83. The molecular weight excluding hydrogens is 336 g/mol. The number of H-pyrrole nitrogens is 1. The van der Waals surface area contributed by atoms with E-state index in [9.17, 15) is 9.59 Å². The zero-order valence-corrected chi connectivity index (χ0v) is 13.2. The van der Waals surface area contributed by atoms with Crippen molar-refractivity contribution in [3.63, 3.8) is 0 Å². The van der Waals surface area contributed by atoms with Gasteiger partial charge in [0.1, 0.15) is 11.2 Å². The molecule has 21 heavy (non-hydrogen) atoms. The number of ether oxygens (including phenoxy) is 1. The highest BCUT2D eigenvalue weighted by atomic mass is 79.9. The fourth-order valence-electron chi connectivity index (χ4n) is 2.48. The molecule has 0 radical (unpaired) electrons. The van der Waals surface area contributed by atoms with Gasteiger partial charge in [-0.1, -0.05) is 15.9 Å². The Labute approximate surface area is 128 Å². The highest BCUT2D eigenvalue weighted by Gasteiger charge is 2.19. The molecule has 3 rings (SSSR count). The van der Waals surface area contributed by atoms with E-state index in [0.29, 0.717) is 23.2 Å². The van der Waals surface area contributed by atoms with Gasteiger partial charge in [-0.2, -0.15) is 0 Å². The van der Waals surface area contributed by atoms with Crippen molar-refractivity contribution in [1.82, 2.24) is 9.38 Å². The van der Waals surface area contributed by atoms with Crippen LogP contribution in [-0.4, -0.2) is 22.0 Å². The molecule has 0 fully saturated rings. The van der Waals surface area contributed by atoms with Gasteiger partial charge in [-0.15, -0.1) is 0 Å². The van der Waals surface area contributed by atoms with Crippen LogP contribution in [0, 0.1) is 6.92 Å². The number of fused-ring (bicyclic) bond motifs is 3. The first-order valence-electron chi connectivity index (χ1n) is 6.53. The van der Waals surface area contributed by atoms with E-state index in [1.807, 2.05) is 29.7 Å². The standard InChI is InChI=1S/C15H13BrN2O3/c1-3-21-15(20)12-8(2)7-18-11-5-4-9(16)6-10(11)14(19)17-13(12)18/h4-7H,3H2,1-2H3,(H,17,19). The van der Waals surface area contributed by atoms with E-state index >= 15 is 0 Å². The molecule has 1 N–H and O–H groups in total. The monoisotopic (exact) mass is 348 g/mol. The van der Waals surface area contributed by atoms with Crippen LogP contribution < -0.4 is 5.56 Å². The van der Waals surface area contributed by atoms with Crippen LogP contribution in [0.4, 0.5) is 0 Å². The minimum atomic E-state index is -0.426. The van der Waals surface area contributed by atoms with E-state index in [1.165, 1.54) is 0 Å². The molecule has 0 saturated carbocycles. The number of nitrogens with zero attached hydrogens (tertiary/aromatic N) is 1. The smallest absolute Gasteiger partial charge is 0.342 e. The summed E-state index contributed by atoms with van der Waals surface area (Å²) in [5, 5.41) is 0.558. The number of rotatable bonds is 2. The molecule has 6 heteroatoms. The lowest BCUT2D eigenvalue weighted by Gasteiger charge is -2.05. The van der Waals surface area contributed by atoms with Crippen molar-refractivity contribution in [2.45, 2.75) is 13.8 Å². The number of carbonyl (C=O) groups excluding carboxylic acids is 1. The summed E-state index contributed by atoms with van der Waals surface area (Å²) in [4.78, 5) is 27.1. The average molecular weight is 349 g/mol. The van der Waals surface area contributed by atoms with Gasteiger partial charge in [0.05, 0.1) is 17.5 Å². The molecule has 0 aliphatic heterocycles. The number of aryl methyl sites for hydroxylation is 1. The average Bonchev–Trinajstić information content (AvgIpc) is 2.75. The van der Waals surface area contributed by atoms with Crippen LogP contribution >= 0.6 is 15.9 Å². The molecule has 0 amide bonds. The molecule has 2 heterocycles. The van der Waals surface area contributed by atoms with Gasteiger partial charge < -0.3 is 14.1 Å². The summed E-state index contributed by atoms with van der Waals surface area (Å²) >= 11 is 3.36. The second-order valence-corrected chi connectivity index (χ2v) is 5.66. The number of aromatic amines is 1. The van der Waals surface area contributed by atoms with Crippen molar-refractivity contribution in [3.8, 4) is 0 Å². The van der Waals surface area contributed by atoms with Crippen molar-refractivity contribution in [1.29, 1.82) is 0 Å². The zero-order chi connectivity index (χ0) is 15.1. The third kappa shape index (κ3) is 2.15. The van der Waals surface area contributed by atoms with Crippen LogP contribution in [0.25, 0.3) is 16.6 Å². The number of aromatic nitrogens is 2. The van der Waals surface area contributed by atoms with E-state index in [1.54, 1.807) is 13.0 Å². The Morgan fingerprint density at radius 3 is 2.90 bits per heavy atom. The molecule has 0 aliphatic rings. The van der Waals surface area contributed by atoms with Crippen molar-refractivity contribution in [3.05, 3.63) is 50.3 Å². The van der Waals surface area contributed by atoms with Crippen molar-refractivity contribution in [2.24, 2.45) is 0 Å². The van der Waals surface area contributed by atoms with Crippen LogP contribution in [0.15, 0.2) is 33.7 Å². The van der Waals surface area contributed by atoms with Crippen molar-refractivity contribution < 1.29 is 9.53 Å². The lowest BCUT2D eigenvalue weighted by molar-refractivity contribution is 0.0528. The molecule has 0 saturated heterocycles. The van der Waals surface area contributed by atoms with Crippen LogP contribution in [0.1, 0.15) is 22.8 Å². The Kier molecular flexibility index (Phi) is 3.33. The van der Waals surface area contributed by atoms with Crippen LogP contribution in [0.2, 0.25) is 0 Å². The number of hydrogen-bond acceptors (Lipinski definition) is 3. The maximum Gasteiger partial charge on any atom is 0.342 e. The summed E-state index contributed by atoms with van der Waals surface area (Å²) < 4.78 is 7.70. The Morgan fingerprint density at radius 2 is 2.19 bits per heavy atom. The van der Waals surface area contributed by atoms with E-state index in [-0.39, 0.29) is 5.56 Å². The Balaban J connectivity index is 2.42. The highest BCUT2D eigenvalue weighted by molar-refractivity contribution is 9.10. The predicted molar refractivity (Wildman–Crippen MR) is 83.9 cm³/mol. The molecule has 0 spiro atoms. The largest absolute Gasteiger partial charge is 0.462 e. The van der Waals surface area contributed by atoms with Crippen LogP contribution in [0.3, 0.4) is 0 Å². The summed E-state index contributed by atoms with van der Waals surface area (Å²) in [6.45, 7) is 3.86. The molecule has 3 aromatic rings. The lowest BCUT2D eigenvalue weighted by Crippen LogP contribution is -2.12. The van der Waals surface area contributed by atoms with Gasteiger partial charge in [0.2, 0.25) is 0 Å². The molecule has 0 aliphatic carbocycles. The Bertz CT molecular complexity index is 924. The molecule has 1 aromatic carbocycles. The van der Waals surface area contributed by atoms with E-state index in [4.69, 9.17) is 4.74 Å². The van der Waals surface area contributed by atoms with Crippen molar-refractivity contribution in [2.75, 3.05) is 6.61 Å². The molecule has 5 nitrogen and oxygen atoms in total. The third-order valence-corrected chi connectivity index (χ3v) is 3.86. The summed E-state index contributed by atoms with van der Waals surface area (Å²) in [5.41, 5.74) is 2.14. The summed E-state index contributed by atoms with van der Waals surface area (Å²) in [7, 11) is 0. The van der Waals surface area contributed by atoms with Gasteiger partial charge in [-0.25, -0.2) is 4.79 Å². The molecule has 2 aromatic heterocycles. The van der Waals surface area contributed by atoms with Crippen LogP contribution in [-0.2, 0) is 4.74 Å². The van der Waals surface area contributed by atoms with Gasteiger partial charge in [0, 0.05) is 10.7 Å². The quantitative estimate of drug-likeness (QED) is 0.724. The second-order valence-electron chi connectivity index (χ2n) is 4.74. The topological polar surface area (TPSA) is 63.6 Å². The minimum Gasteiger partial charge on any atom is -0.462 e. The number of benzene rings is 1. The minimum absolute atomic E-state index is 0.234. The van der Waals surface area contributed by atoms with Gasteiger partial charge in [0.15, 0.2) is 0 Å². The first kappa shape index (κ1) is 13.9. The maximum absolute atomic E-state index is 12.2. The third-order valence-electron chi connectivity index (χ3n) is 3.37. The number of halogens is 1. The number of esters is 1. The lowest BCUT2D eigenvalue weighted by atomic mass is 10.2. The number of hydrogen-bond donors (Lipinski definition) is 1. The van der Waals surface area contributed by atoms with Gasteiger partial charge in [0.25, 0.3) is 5.56 Å². The normalized spacial score (nSPS) is 11.2. The van der Waals surface area contributed by atoms with E-state index in [2.05, 4.69) is 20.9 Å². The van der Waals surface area contributed by atoms with Gasteiger partial charge in [-0.3, -0.25) is 4.79 Å². The summed E-state index contributed by atoms with van der Waals surface area (Å²) in [6, 6.07) is 5.46. The zero-order valence-electron chi connectivity index (χ0n) is 11.6. The van der Waals surface area contributed by atoms with Crippen LogP contribution in [0.5, 0.6) is 0 Å². The van der Waals surface area contributed by atoms with Gasteiger partial charge in [-0.05, 0) is 37.6 Å². The molecule has 0 atom stereocenters. The van der Waals surface area contributed by atoms with Gasteiger partial charge >= 0.3 is 5.97 Å². The molecule has 0 unspecified atom stereocenters. The van der Waals surface area contributed by atoms with E-state index < -0.39 is 5.97 Å². The maximum atomic E-state index is 12.2. The SMILES string of the molecule is CCOC(=O)c1c(C)cn2c1[nH]c(=O)c1cc(Br)ccc12. The highest BCUT2D eigenvalue weighted by Crippen LogP contribution is 2.23. The fourth-order valence-corrected chi connectivity index (χ4v) is 2.84. The Hall–Kier alpha value is -2.08. The first-order chi connectivity index (χ1) is 10.0. The number of carbonyl (C=O) groups is 1. The molecule has 0 bridgehead atoms. The van der Waals surface area contributed by atoms with E-state index in [0.717, 1.165) is 15.6 Å². The number of nitrogens with one attached hydrogen (secondary N) is 1. The first-order valence-corrected chi connectivity index (χ1v) is 7.32. The second kappa shape index (κ2) is 5.04. The van der Waals surface area contributed by atoms with Crippen molar-refractivity contribution >= 4 is 38.4 Å². The molecule has 108 valence electrons. The predicted octanol–water partition coefficient (Wildman–Crippen LogP) is 3.03. The molecular formula is C15H13BrN2O3. The summed E-state index contributed by atoms with van der Waals surface area (Å²) in [5.74, 6) is -0.426. The Morgan fingerprint density at radius 1 is 1.43 bits per heavy atom. The fraction of sp³-hybridized carbons (Fsp3) is 0.200.